The Morgan fingerprint density at radius 1 is 1.20 bits per heavy atom. The maximum absolute atomic E-state index is 14.2. The number of para-hydroxylation sites is 2. The van der Waals surface area contributed by atoms with Gasteiger partial charge in [-0.05, 0) is 35.4 Å². The summed E-state index contributed by atoms with van der Waals surface area (Å²) in [7, 11) is 0. The lowest BCUT2D eigenvalue weighted by Gasteiger charge is -2.35. The summed E-state index contributed by atoms with van der Waals surface area (Å²) in [6.45, 7) is 7.39. The van der Waals surface area contributed by atoms with Crippen LogP contribution >= 0.6 is 11.3 Å². The van der Waals surface area contributed by atoms with Crippen LogP contribution in [0, 0.1) is 11.3 Å². The number of carbonyl (C=O) groups excluding carboxylic acids is 3. The second-order valence-corrected chi connectivity index (χ2v) is 13.4. The van der Waals surface area contributed by atoms with Crippen molar-refractivity contribution in [2.45, 2.75) is 57.3 Å². The first-order chi connectivity index (χ1) is 21.9. The molecule has 5 atom stereocenters. The van der Waals surface area contributed by atoms with Gasteiger partial charge in [-0.25, -0.2) is 23.9 Å². The molecule has 46 heavy (non-hydrogen) atoms. The molecule has 2 fully saturated rings. The first-order valence-electron chi connectivity index (χ1n) is 14.8. The number of fused-ring (bicyclic) bond motifs is 1. The average Bonchev–Trinajstić information content (AvgIpc) is 3.32. The number of ether oxygens (including phenoxy) is 2. The van der Waals surface area contributed by atoms with E-state index in [0.717, 1.165) is 4.88 Å². The molecule has 1 saturated heterocycles. The Morgan fingerprint density at radius 3 is 2.50 bits per heavy atom. The van der Waals surface area contributed by atoms with Crippen LogP contribution in [0.3, 0.4) is 0 Å². The fourth-order valence-electron chi connectivity index (χ4n) is 5.60. The van der Waals surface area contributed by atoms with Crippen LogP contribution in [0.15, 0.2) is 54.4 Å². The zero-order chi connectivity index (χ0) is 33.2. The highest BCUT2D eigenvalue weighted by Crippen LogP contribution is 2.45. The number of alkyl halides is 1. The number of carboxylic acids is 1. The molecule has 1 saturated carbocycles. The van der Waals surface area contributed by atoms with E-state index in [4.69, 9.17) is 19.4 Å². The Hall–Kier alpha value is -4.59. The van der Waals surface area contributed by atoms with Crippen molar-refractivity contribution in [1.82, 2.24) is 25.5 Å². The summed E-state index contributed by atoms with van der Waals surface area (Å²) in [5.41, 5.74) is -0.622. The molecule has 2 aromatic heterocycles. The van der Waals surface area contributed by atoms with Gasteiger partial charge in [-0.1, -0.05) is 45.0 Å². The van der Waals surface area contributed by atoms with Crippen molar-refractivity contribution in [2.75, 3.05) is 19.8 Å². The highest BCUT2D eigenvalue weighted by molar-refractivity contribution is 7.13. The maximum Gasteiger partial charge on any atom is 0.407 e. The van der Waals surface area contributed by atoms with Crippen molar-refractivity contribution < 1.29 is 38.1 Å². The van der Waals surface area contributed by atoms with Crippen LogP contribution in [-0.4, -0.2) is 87.4 Å². The summed E-state index contributed by atoms with van der Waals surface area (Å²) in [4.78, 5) is 64.2. The van der Waals surface area contributed by atoms with Crippen LogP contribution in [0.2, 0.25) is 0 Å². The van der Waals surface area contributed by atoms with Gasteiger partial charge in [0.05, 0.1) is 22.5 Å². The minimum absolute atomic E-state index is 0.00752. The molecule has 0 spiro atoms. The van der Waals surface area contributed by atoms with E-state index < -0.39 is 72.2 Å². The molecule has 0 radical (unpaired) electrons. The number of benzene rings is 1. The Labute approximate surface area is 269 Å². The van der Waals surface area contributed by atoms with Crippen molar-refractivity contribution in [3.8, 4) is 16.5 Å². The van der Waals surface area contributed by atoms with Crippen molar-refractivity contribution >= 4 is 46.2 Å². The summed E-state index contributed by atoms with van der Waals surface area (Å²) in [5, 5.41) is 17.0. The van der Waals surface area contributed by atoms with E-state index in [1.165, 1.54) is 22.3 Å². The number of amides is 3. The molecule has 1 aliphatic heterocycles. The number of hydrogen-bond donors (Lipinski definition) is 3. The van der Waals surface area contributed by atoms with Crippen molar-refractivity contribution in [3.05, 3.63) is 54.4 Å². The van der Waals surface area contributed by atoms with Gasteiger partial charge in [-0.15, -0.1) is 17.9 Å². The van der Waals surface area contributed by atoms with Gasteiger partial charge < -0.3 is 30.1 Å². The lowest BCUT2D eigenvalue weighted by atomic mass is 9.85. The number of carbonyl (C=O) groups is 4. The number of likely N-dealkylation sites (tertiary alicyclic amines) is 1. The summed E-state index contributed by atoms with van der Waals surface area (Å²) >= 11 is 1.45. The third kappa shape index (κ3) is 6.66. The Bertz CT molecular complexity index is 1650. The molecule has 2 aliphatic rings. The van der Waals surface area contributed by atoms with E-state index in [1.54, 1.807) is 26.8 Å². The van der Waals surface area contributed by atoms with Gasteiger partial charge in [0.15, 0.2) is 0 Å². The molecule has 1 aliphatic carbocycles. The standard InChI is InChI=1S/C32H36FN5O7S/c1-5-18-16-32(18,29(41)42)37-26(39)22-15-19(17-38(22)28(40)25(31(2,3)4)36-30(43)44-13-12-33)45-27-24(23-11-8-14-46-23)34-20-9-6-7-10-21(20)35-27/h5-11,14,18-19,22,25H,1,12-13,15-17H2,2-4H3,(H,36,43)(H,37,39)(H,41,42)/t18-,19-,22+,25-,32?/m1/s1. The van der Waals surface area contributed by atoms with Crippen LogP contribution in [0.1, 0.15) is 33.6 Å². The topological polar surface area (TPSA) is 160 Å². The molecule has 12 nitrogen and oxygen atoms in total. The molecule has 1 aromatic carbocycles. The SMILES string of the molecule is C=C[C@@H]1CC1(NC(=O)[C@@H]1C[C@@H](Oc2nc3ccccc3nc2-c2cccs2)CN1C(=O)[C@@H](NC(=O)OCCF)C(C)(C)C)C(=O)O. The second-order valence-electron chi connectivity index (χ2n) is 12.4. The highest BCUT2D eigenvalue weighted by atomic mass is 32.1. The molecule has 3 amide bonds. The number of nitrogens with zero attached hydrogens (tertiary/aromatic N) is 3. The number of thiophene rings is 1. The minimum Gasteiger partial charge on any atom is -0.479 e. The Morgan fingerprint density at radius 2 is 1.91 bits per heavy atom. The predicted octanol–water partition coefficient (Wildman–Crippen LogP) is 3.96. The zero-order valence-electron chi connectivity index (χ0n) is 25.7. The summed E-state index contributed by atoms with van der Waals surface area (Å²) in [6.07, 6.45) is -0.0779. The van der Waals surface area contributed by atoms with E-state index in [2.05, 4.69) is 17.2 Å². The molecular formula is C32H36FN5O7S. The smallest absolute Gasteiger partial charge is 0.407 e. The minimum atomic E-state index is -1.53. The molecule has 3 heterocycles. The maximum atomic E-state index is 14.2. The van der Waals surface area contributed by atoms with Crippen LogP contribution in [-0.2, 0) is 19.1 Å². The number of alkyl carbamates (subject to hydrolysis) is 1. The Balaban J connectivity index is 1.47. The molecular weight excluding hydrogens is 617 g/mol. The van der Waals surface area contributed by atoms with Crippen molar-refractivity contribution in [3.63, 3.8) is 0 Å². The van der Waals surface area contributed by atoms with E-state index >= 15 is 0 Å². The zero-order valence-corrected chi connectivity index (χ0v) is 26.5. The fraction of sp³-hybridized carbons (Fsp3) is 0.438. The molecule has 14 heteroatoms. The van der Waals surface area contributed by atoms with Gasteiger partial charge >= 0.3 is 12.1 Å². The van der Waals surface area contributed by atoms with Gasteiger partial charge in [-0.2, -0.15) is 0 Å². The number of halogens is 1. The predicted molar refractivity (Wildman–Crippen MR) is 168 cm³/mol. The second kappa shape index (κ2) is 13.0. The summed E-state index contributed by atoms with van der Waals surface area (Å²) < 4.78 is 23.9. The van der Waals surface area contributed by atoms with E-state index in [9.17, 15) is 28.7 Å². The third-order valence-corrected chi connectivity index (χ3v) is 9.01. The van der Waals surface area contributed by atoms with Gasteiger partial charge in [0.1, 0.15) is 42.7 Å². The van der Waals surface area contributed by atoms with Gasteiger partial charge in [0.2, 0.25) is 17.7 Å². The normalized spacial score (nSPS) is 23.0. The van der Waals surface area contributed by atoms with E-state index in [0.29, 0.717) is 16.7 Å². The fourth-order valence-corrected chi connectivity index (χ4v) is 6.30. The lowest BCUT2D eigenvalue weighted by Crippen LogP contribution is -2.59. The van der Waals surface area contributed by atoms with Crippen LogP contribution < -0.4 is 15.4 Å². The van der Waals surface area contributed by atoms with E-state index in [1.807, 2.05) is 35.7 Å². The number of aromatic nitrogens is 2. The third-order valence-electron chi connectivity index (χ3n) is 8.13. The van der Waals surface area contributed by atoms with Crippen LogP contribution in [0.25, 0.3) is 21.6 Å². The van der Waals surface area contributed by atoms with Crippen molar-refractivity contribution in [1.29, 1.82) is 0 Å². The average molecular weight is 654 g/mol. The number of hydrogen-bond acceptors (Lipinski definition) is 9. The molecule has 0 bridgehead atoms. The largest absolute Gasteiger partial charge is 0.479 e. The van der Waals surface area contributed by atoms with Gasteiger partial charge in [0.25, 0.3) is 0 Å². The molecule has 3 N–H and O–H groups in total. The van der Waals surface area contributed by atoms with Crippen LogP contribution in [0.5, 0.6) is 5.88 Å². The molecule has 3 aromatic rings. The number of rotatable bonds is 11. The first kappa shape index (κ1) is 32.8. The number of carboxylic acid groups (broad SMARTS) is 1. The quantitative estimate of drug-likeness (QED) is 0.260. The monoisotopic (exact) mass is 653 g/mol. The van der Waals surface area contributed by atoms with E-state index in [-0.39, 0.29) is 25.3 Å². The first-order valence-corrected chi connectivity index (χ1v) is 15.7. The van der Waals surface area contributed by atoms with Crippen molar-refractivity contribution in [2.24, 2.45) is 11.3 Å². The molecule has 244 valence electrons. The Kier molecular flexibility index (Phi) is 9.29. The lowest BCUT2D eigenvalue weighted by molar-refractivity contribution is -0.146. The van der Waals surface area contributed by atoms with Crippen LogP contribution in [0.4, 0.5) is 9.18 Å². The number of aliphatic carboxylic acids is 1. The van der Waals surface area contributed by atoms with Gasteiger partial charge in [-0.3, -0.25) is 9.59 Å². The summed E-state index contributed by atoms with van der Waals surface area (Å²) in [6, 6.07) is 8.76. The highest BCUT2D eigenvalue weighted by Gasteiger charge is 2.61. The number of nitrogens with one attached hydrogen (secondary N) is 2. The van der Waals surface area contributed by atoms with Gasteiger partial charge in [0, 0.05) is 12.3 Å². The molecule has 5 rings (SSSR count). The summed E-state index contributed by atoms with van der Waals surface area (Å²) in [5.74, 6) is -2.74. The molecule has 1 unspecified atom stereocenters.